The van der Waals surface area contributed by atoms with E-state index in [1.165, 1.54) is 0 Å². The van der Waals surface area contributed by atoms with E-state index in [0.717, 1.165) is 24.8 Å². The van der Waals surface area contributed by atoms with Gasteiger partial charge in [-0.15, -0.1) is 0 Å². The van der Waals surface area contributed by atoms with Gasteiger partial charge in [0, 0.05) is 13.0 Å². The van der Waals surface area contributed by atoms with E-state index in [9.17, 15) is 9.90 Å². The number of hydrogen-bond donors (Lipinski definition) is 2. The molecule has 0 aromatic carbocycles. The molecule has 6 nitrogen and oxygen atoms in total. The van der Waals surface area contributed by atoms with Crippen LogP contribution >= 0.6 is 0 Å². The van der Waals surface area contributed by atoms with Crippen molar-refractivity contribution in [3.8, 4) is 0 Å². The van der Waals surface area contributed by atoms with Crippen molar-refractivity contribution in [3.63, 3.8) is 0 Å². The van der Waals surface area contributed by atoms with Crippen molar-refractivity contribution in [1.29, 1.82) is 0 Å². The molecule has 6 heteroatoms. The SMILES string of the molecule is CO[C@@H](C(C)O)[C@@H](C)[C@H]1O[C@]1(C)C[C@H](C)/C=C/C=C(\C)[C@H]1O[C@@H](CC(=O)O)CC[C@@H]1C. The minimum absolute atomic E-state index is 0.0287. The van der Waals surface area contributed by atoms with Crippen LogP contribution in [0.25, 0.3) is 0 Å². The monoisotopic (exact) mass is 438 g/mol. The van der Waals surface area contributed by atoms with E-state index in [-0.39, 0.29) is 42.4 Å². The van der Waals surface area contributed by atoms with Gasteiger partial charge in [0.1, 0.15) is 0 Å². The van der Waals surface area contributed by atoms with Gasteiger partial charge in [-0.1, -0.05) is 39.0 Å². The van der Waals surface area contributed by atoms with Gasteiger partial charge in [0.05, 0.1) is 42.5 Å². The van der Waals surface area contributed by atoms with E-state index in [1.54, 1.807) is 14.0 Å². The molecule has 2 aliphatic heterocycles. The van der Waals surface area contributed by atoms with Crippen molar-refractivity contribution in [2.24, 2.45) is 17.8 Å². The average molecular weight is 439 g/mol. The maximum absolute atomic E-state index is 11.0. The zero-order valence-electron chi connectivity index (χ0n) is 20.2. The Morgan fingerprint density at radius 3 is 2.55 bits per heavy atom. The molecular weight excluding hydrogens is 396 g/mol. The van der Waals surface area contributed by atoms with Crippen molar-refractivity contribution in [2.45, 2.75) is 103 Å². The number of epoxide rings is 1. The summed E-state index contributed by atoms with van der Waals surface area (Å²) in [6, 6.07) is 0. The normalized spacial score (nSPS) is 35.5. The lowest BCUT2D eigenvalue weighted by Gasteiger charge is -2.35. The van der Waals surface area contributed by atoms with Crippen molar-refractivity contribution < 1.29 is 29.2 Å². The quantitative estimate of drug-likeness (QED) is 0.368. The topological polar surface area (TPSA) is 88.5 Å². The van der Waals surface area contributed by atoms with Crippen LogP contribution in [0.1, 0.15) is 67.2 Å². The summed E-state index contributed by atoms with van der Waals surface area (Å²) in [6.45, 7) is 12.4. The second-order valence-corrected chi connectivity index (χ2v) is 9.96. The molecule has 2 saturated heterocycles. The first-order valence-corrected chi connectivity index (χ1v) is 11.6. The zero-order chi connectivity index (χ0) is 23.3. The van der Waals surface area contributed by atoms with E-state index in [4.69, 9.17) is 19.3 Å². The van der Waals surface area contributed by atoms with Crippen molar-refractivity contribution in [3.05, 3.63) is 23.8 Å². The summed E-state index contributed by atoms with van der Waals surface area (Å²) >= 11 is 0. The summed E-state index contributed by atoms with van der Waals surface area (Å²) in [5.41, 5.74) is 0.935. The third-order valence-electron chi connectivity index (χ3n) is 6.86. The van der Waals surface area contributed by atoms with Gasteiger partial charge in [0.25, 0.3) is 0 Å². The Balaban J connectivity index is 1.89. The smallest absolute Gasteiger partial charge is 0.305 e. The maximum Gasteiger partial charge on any atom is 0.305 e. The summed E-state index contributed by atoms with van der Waals surface area (Å²) in [6.07, 6.45) is 8.21. The lowest BCUT2D eigenvalue weighted by molar-refractivity contribution is -0.143. The highest BCUT2D eigenvalue weighted by molar-refractivity contribution is 5.67. The Hall–Kier alpha value is -1.21. The van der Waals surface area contributed by atoms with Gasteiger partial charge in [-0.3, -0.25) is 4.79 Å². The number of aliphatic hydroxyl groups excluding tert-OH is 1. The average Bonchev–Trinajstić information content (AvgIpc) is 3.33. The van der Waals surface area contributed by atoms with Gasteiger partial charge in [-0.2, -0.15) is 0 Å². The summed E-state index contributed by atoms with van der Waals surface area (Å²) in [7, 11) is 1.63. The van der Waals surface area contributed by atoms with Crippen LogP contribution in [0, 0.1) is 17.8 Å². The third kappa shape index (κ3) is 7.14. The molecule has 2 N–H and O–H groups in total. The van der Waals surface area contributed by atoms with Crippen LogP contribution in [-0.2, 0) is 19.0 Å². The molecule has 0 aliphatic carbocycles. The molecule has 1 unspecified atom stereocenters. The molecule has 2 heterocycles. The number of rotatable bonds is 11. The van der Waals surface area contributed by atoms with E-state index in [1.807, 2.05) is 0 Å². The molecule has 31 heavy (non-hydrogen) atoms. The summed E-state index contributed by atoms with van der Waals surface area (Å²) in [5, 5.41) is 19.0. The Labute approximate surface area is 187 Å². The Morgan fingerprint density at radius 1 is 1.29 bits per heavy atom. The molecule has 2 fully saturated rings. The van der Waals surface area contributed by atoms with Crippen LogP contribution in [0.4, 0.5) is 0 Å². The van der Waals surface area contributed by atoms with Crippen molar-refractivity contribution in [2.75, 3.05) is 7.11 Å². The van der Waals surface area contributed by atoms with Gasteiger partial charge in [-0.05, 0) is 57.4 Å². The van der Waals surface area contributed by atoms with Gasteiger partial charge in [-0.25, -0.2) is 0 Å². The molecule has 0 spiro atoms. The molecule has 2 rings (SSSR count). The van der Waals surface area contributed by atoms with Gasteiger partial charge < -0.3 is 24.4 Å². The van der Waals surface area contributed by atoms with Crippen LogP contribution in [0.15, 0.2) is 23.8 Å². The van der Waals surface area contributed by atoms with Crippen LogP contribution in [0.5, 0.6) is 0 Å². The number of carbonyl (C=O) groups is 1. The number of allylic oxidation sites excluding steroid dienone is 3. The number of carboxylic acid groups (broad SMARTS) is 1. The van der Waals surface area contributed by atoms with Gasteiger partial charge >= 0.3 is 5.97 Å². The molecule has 9 atom stereocenters. The zero-order valence-corrected chi connectivity index (χ0v) is 20.2. The molecule has 2 aliphatic rings. The molecule has 0 aromatic heterocycles. The molecule has 0 amide bonds. The van der Waals surface area contributed by atoms with Crippen LogP contribution in [0.2, 0.25) is 0 Å². The summed E-state index contributed by atoms with van der Waals surface area (Å²) < 4.78 is 17.6. The van der Waals surface area contributed by atoms with Gasteiger partial charge in [0.2, 0.25) is 0 Å². The number of hydrogen-bond acceptors (Lipinski definition) is 5. The molecular formula is C25H42O6. The first-order valence-electron chi connectivity index (χ1n) is 11.6. The summed E-state index contributed by atoms with van der Waals surface area (Å²) in [4.78, 5) is 11.0. The van der Waals surface area contributed by atoms with Crippen LogP contribution in [-0.4, -0.2) is 59.4 Å². The van der Waals surface area contributed by atoms with E-state index in [0.29, 0.717) is 11.8 Å². The molecule has 0 bridgehead atoms. The fraction of sp³-hybridized carbons (Fsp3) is 0.800. The Morgan fingerprint density at radius 2 is 1.97 bits per heavy atom. The lowest BCUT2D eigenvalue weighted by atomic mass is 9.85. The van der Waals surface area contributed by atoms with E-state index < -0.39 is 12.1 Å². The first kappa shape index (κ1) is 26.0. The highest BCUT2D eigenvalue weighted by Gasteiger charge is 2.56. The minimum atomic E-state index is -0.803. The number of aliphatic hydroxyl groups is 1. The number of ether oxygens (including phenoxy) is 3. The Bertz CT molecular complexity index is 656. The fourth-order valence-electron chi connectivity index (χ4n) is 5.22. The fourth-order valence-corrected chi connectivity index (χ4v) is 5.22. The van der Waals surface area contributed by atoms with Crippen molar-refractivity contribution >= 4 is 5.97 Å². The Kier molecular flexibility index (Phi) is 9.31. The first-order chi connectivity index (χ1) is 14.5. The van der Waals surface area contributed by atoms with Gasteiger partial charge in [0.15, 0.2) is 0 Å². The number of aliphatic carboxylic acids is 1. The summed E-state index contributed by atoms with van der Waals surface area (Å²) in [5.74, 6) is 0.0402. The second-order valence-electron chi connectivity index (χ2n) is 9.96. The molecule has 178 valence electrons. The molecule has 0 saturated carbocycles. The van der Waals surface area contributed by atoms with Crippen LogP contribution < -0.4 is 0 Å². The predicted molar refractivity (Wildman–Crippen MR) is 121 cm³/mol. The van der Waals surface area contributed by atoms with E-state index >= 15 is 0 Å². The number of methoxy groups -OCH3 is 1. The van der Waals surface area contributed by atoms with Crippen LogP contribution in [0.3, 0.4) is 0 Å². The predicted octanol–water partition coefficient (Wildman–Crippen LogP) is 4.36. The maximum atomic E-state index is 11.0. The molecule has 0 radical (unpaired) electrons. The highest BCUT2D eigenvalue weighted by atomic mass is 16.6. The minimum Gasteiger partial charge on any atom is -0.481 e. The lowest BCUT2D eigenvalue weighted by Crippen LogP contribution is -2.36. The third-order valence-corrected chi connectivity index (χ3v) is 6.86. The van der Waals surface area contributed by atoms with E-state index in [2.05, 4.69) is 52.8 Å². The largest absolute Gasteiger partial charge is 0.481 e. The standard InChI is InChI=1S/C25H42O6/c1-15(14-25(6)24(31-25)18(4)23(29-7)19(5)26)9-8-10-16(2)22-17(3)11-12-20(30-22)13-21(27)28/h8-10,15,17-20,22-24,26H,11-14H2,1-7H3,(H,27,28)/b9-8+,16-10+/t15-,17+,18-,19?,20-,22-,23-,24-,25-/m1/s1. The molecule has 0 aromatic rings. The van der Waals surface area contributed by atoms with Crippen molar-refractivity contribution in [1.82, 2.24) is 0 Å². The highest BCUT2D eigenvalue weighted by Crippen LogP contribution is 2.47. The second kappa shape index (κ2) is 11.1. The number of carboxylic acids is 1.